The average molecular weight is 140 g/mol. The van der Waals surface area contributed by atoms with Crippen LogP contribution in [0.25, 0.3) is 0 Å². The Labute approximate surface area is 60.6 Å². The van der Waals surface area contributed by atoms with Crippen molar-refractivity contribution in [3.8, 4) is 0 Å². The summed E-state index contributed by atoms with van der Waals surface area (Å²) in [6, 6.07) is 0. The lowest BCUT2D eigenvalue weighted by Crippen LogP contribution is -2.14. The van der Waals surface area contributed by atoms with E-state index in [0.717, 1.165) is 19.1 Å². The van der Waals surface area contributed by atoms with Crippen molar-refractivity contribution in [1.82, 2.24) is 0 Å². The van der Waals surface area contributed by atoms with Crippen LogP contribution in [-0.2, 0) is 9.59 Å². The number of ketones is 1. The zero-order chi connectivity index (χ0) is 7.56. The monoisotopic (exact) mass is 140 g/mol. The molecule has 0 bridgehead atoms. The Kier molecular flexibility index (Phi) is 2.20. The number of rotatable bonds is 2. The molecule has 0 aromatic heterocycles. The number of carbonyl (C=O) groups excluding carboxylic acids is 2. The summed E-state index contributed by atoms with van der Waals surface area (Å²) in [7, 11) is 0. The van der Waals surface area contributed by atoms with Gasteiger partial charge in [0.05, 0.1) is 0 Å². The van der Waals surface area contributed by atoms with E-state index in [4.69, 9.17) is 0 Å². The number of carbonyl (C=O) groups is 2. The summed E-state index contributed by atoms with van der Waals surface area (Å²) in [5, 5.41) is 0. The van der Waals surface area contributed by atoms with Gasteiger partial charge in [0.15, 0.2) is 0 Å². The molecule has 2 atom stereocenters. The Morgan fingerprint density at radius 1 is 1.70 bits per heavy atom. The Bertz CT molecular complexity index is 151. The molecule has 0 aromatic carbocycles. The third-order valence-electron chi connectivity index (χ3n) is 2.27. The Morgan fingerprint density at radius 3 is 2.80 bits per heavy atom. The van der Waals surface area contributed by atoms with E-state index in [1.54, 1.807) is 0 Å². The van der Waals surface area contributed by atoms with E-state index in [9.17, 15) is 9.59 Å². The van der Waals surface area contributed by atoms with Gasteiger partial charge in [-0.15, -0.1) is 0 Å². The second-order valence-electron chi connectivity index (χ2n) is 2.82. The van der Waals surface area contributed by atoms with Gasteiger partial charge in [-0.2, -0.15) is 0 Å². The molecule has 56 valence electrons. The molecule has 0 amide bonds. The van der Waals surface area contributed by atoms with Gasteiger partial charge in [0.1, 0.15) is 12.1 Å². The molecule has 0 unspecified atom stereocenters. The quantitative estimate of drug-likeness (QED) is 0.540. The van der Waals surface area contributed by atoms with Gasteiger partial charge in [-0.1, -0.05) is 6.92 Å². The molecular weight excluding hydrogens is 128 g/mol. The predicted molar refractivity (Wildman–Crippen MR) is 37.6 cm³/mol. The third-order valence-corrected chi connectivity index (χ3v) is 2.27. The van der Waals surface area contributed by atoms with Gasteiger partial charge in [-0.3, -0.25) is 4.79 Å². The van der Waals surface area contributed by atoms with Crippen LogP contribution in [0.15, 0.2) is 0 Å². The summed E-state index contributed by atoms with van der Waals surface area (Å²) in [6.07, 6.45) is 3.14. The molecule has 0 saturated heterocycles. The number of aldehydes is 1. The predicted octanol–water partition coefficient (Wildman–Crippen LogP) is 1.19. The maximum Gasteiger partial charge on any atom is 0.136 e. The van der Waals surface area contributed by atoms with E-state index in [0.29, 0.717) is 6.42 Å². The third kappa shape index (κ3) is 1.11. The van der Waals surface area contributed by atoms with Gasteiger partial charge in [-0.25, -0.2) is 0 Å². The van der Waals surface area contributed by atoms with Crippen LogP contribution in [0.5, 0.6) is 0 Å². The minimum Gasteiger partial charge on any atom is -0.303 e. The molecule has 0 aliphatic heterocycles. The van der Waals surface area contributed by atoms with Crippen LogP contribution in [0.3, 0.4) is 0 Å². The Balaban J connectivity index is 2.62. The lowest BCUT2D eigenvalue weighted by atomic mass is 9.95. The SMILES string of the molecule is CC[C@@H]1C(=O)CC[C@H]1C=O. The fourth-order valence-corrected chi connectivity index (χ4v) is 1.63. The van der Waals surface area contributed by atoms with Crippen molar-refractivity contribution in [2.45, 2.75) is 26.2 Å². The molecule has 0 N–H and O–H groups in total. The highest BCUT2D eigenvalue weighted by Gasteiger charge is 2.32. The first-order chi connectivity index (χ1) is 4.79. The van der Waals surface area contributed by atoms with Gasteiger partial charge < -0.3 is 4.79 Å². The maximum absolute atomic E-state index is 11.0. The highest BCUT2D eigenvalue weighted by Crippen LogP contribution is 2.29. The zero-order valence-electron chi connectivity index (χ0n) is 6.17. The molecule has 2 heteroatoms. The van der Waals surface area contributed by atoms with Crippen LogP contribution in [0, 0.1) is 11.8 Å². The average Bonchev–Trinajstić information content (AvgIpc) is 2.30. The lowest BCUT2D eigenvalue weighted by molar-refractivity contribution is -0.123. The zero-order valence-corrected chi connectivity index (χ0v) is 6.17. The second-order valence-corrected chi connectivity index (χ2v) is 2.82. The van der Waals surface area contributed by atoms with Crippen LogP contribution in [-0.4, -0.2) is 12.1 Å². The topological polar surface area (TPSA) is 34.1 Å². The van der Waals surface area contributed by atoms with Gasteiger partial charge in [-0.05, 0) is 12.8 Å². The van der Waals surface area contributed by atoms with Crippen LogP contribution >= 0.6 is 0 Å². The summed E-state index contributed by atoms with van der Waals surface area (Å²) in [5.74, 6) is 0.342. The molecule has 0 aromatic rings. The van der Waals surface area contributed by atoms with E-state index >= 15 is 0 Å². The molecule has 2 nitrogen and oxygen atoms in total. The summed E-state index contributed by atoms with van der Waals surface area (Å²) in [5.41, 5.74) is 0. The van der Waals surface area contributed by atoms with Crippen molar-refractivity contribution in [3.05, 3.63) is 0 Å². The maximum atomic E-state index is 11.0. The van der Waals surface area contributed by atoms with Gasteiger partial charge in [0.2, 0.25) is 0 Å². The highest BCUT2D eigenvalue weighted by atomic mass is 16.1. The molecule has 1 rings (SSSR count). The minimum absolute atomic E-state index is 0.0255. The first-order valence-electron chi connectivity index (χ1n) is 3.77. The van der Waals surface area contributed by atoms with E-state index in [2.05, 4.69) is 0 Å². The van der Waals surface area contributed by atoms with E-state index < -0.39 is 0 Å². The number of hydrogen-bond acceptors (Lipinski definition) is 2. The van der Waals surface area contributed by atoms with Crippen molar-refractivity contribution in [3.63, 3.8) is 0 Å². The van der Waals surface area contributed by atoms with Crippen LogP contribution in [0.2, 0.25) is 0 Å². The fraction of sp³-hybridized carbons (Fsp3) is 0.750. The van der Waals surface area contributed by atoms with Gasteiger partial charge in [0.25, 0.3) is 0 Å². The van der Waals surface area contributed by atoms with Crippen molar-refractivity contribution in [2.24, 2.45) is 11.8 Å². The second kappa shape index (κ2) is 2.95. The number of hydrogen-bond donors (Lipinski definition) is 0. The van der Waals surface area contributed by atoms with Crippen molar-refractivity contribution < 1.29 is 9.59 Å². The molecular formula is C8H12O2. The Hall–Kier alpha value is -0.660. The lowest BCUT2D eigenvalue weighted by Gasteiger charge is -2.07. The minimum atomic E-state index is 0.0255. The standard InChI is InChI=1S/C8H12O2/c1-2-7-6(5-9)3-4-8(7)10/h5-7H,2-4H2,1H3/t6-,7-/m0/s1. The molecule has 0 heterocycles. The first kappa shape index (κ1) is 7.45. The van der Waals surface area contributed by atoms with Crippen LogP contribution in [0.1, 0.15) is 26.2 Å². The molecule has 1 saturated carbocycles. The summed E-state index contributed by atoms with van der Waals surface area (Å²) in [4.78, 5) is 21.4. The fourth-order valence-electron chi connectivity index (χ4n) is 1.63. The highest BCUT2D eigenvalue weighted by molar-refractivity contribution is 5.86. The molecule has 10 heavy (non-hydrogen) atoms. The normalized spacial score (nSPS) is 32.7. The molecule has 0 radical (unpaired) electrons. The molecule has 1 aliphatic carbocycles. The number of Topliss-reactive ketones (excluding diaryl/α,β-unsaturated/α-hetero) is 1. The molecule has 1 aliphatic rings. The summed E-state index contributed by atoms with van der Waals surface area (Å²) in [6.45, 7) is 1.96. The summed E-state index contributed by atoms with van der Waals surface area (Å²) < 4.78 is 0. The Morgan fingerprint density at radius 2 is 2.40 bits per heavy atom. The first-order valence-corrected chi connectivity index (χ1v) is 3.77. The van der Waals surface area contributed by atoms with Crippen molar-refractivity contribution in [1.29, 1.82) is 0 Å². The van der Waals surface area contributed by atoms with Crippen LogP contribution in [0.4, 0.5) is 0 Å². The molecule has 1 fully saturated rings. The summed E-state index contributed by atoms with van der Waals surface area (Å²) >= 11 is 0. The smallest absolute Gasteiger partial charge is 0.136 e. The largest absolute Gasteiger partial charge is 0.303 e. The van der Waals surface area contributed by atoms with Crippen LogP contribution < -0.4 is 0 Å². The van der Waals surface area contributed by atoms with Gasteiger partial charge >= 0.3 is 0 Å². The van der Waals surface area contributed by atoms with E-state index in [1.807, 2.05) is 6.92 Å². The van der Waals surface area contributed by atoms with E-state index in [1.165, 1.54) is 0 Å². The molecule has 0 spiro atoms. The van der Waals surface area contributed by atoms with Gasteiger partial charge in [0, 0.05) is 18.3 Å². The van der Waals surface area contributed by atoms with Crippen molar-refractivity contribution >= 4 is 12.1 Å². The van der Waals surface area contributed by atoms with E-state index in [-0.39, 0.29) is 17.6 Å². The van der Waals surface area contributed by atoms with Crippen molar-refractivity contribution in [2.75, 3.05) is 0 Å².